The molecule has 124 valence electrons. The lowest BCUT2D eigenvalue weighted by Crippen LogP contribution is -2.39. The van der Waals surface area contributed by atoms with Crippen LogP contribution in [0.2, 0.25) is 0 Å². The number of unbranched alkanes of at least 4 members (excludes halogenated alkanes) is 1. The van der Waals surface area contributed by atoms with Crippen LogP contribution in [0, 0.1) is 0 Å². The zero-order valence-corrected chi connectivity index (χ0v) is 14.2. The topological polar surface area (TPSA) is 93.7 Å². The molecule has 7 nitrogen and oxygen atoms in total. The van der Waals surface area contributed by atoms with E-state index in [-0.39, 0.29) is 13.2 Å². The van der Waals surface area contributed by atoms with Crippen LogP contribution in [-0.4, -0.2) is 37.2 Å². The maximum Gasteiger partial charge on any atom is 0.323 e. The zero-order valence-electron chi connectivity index (χ0n) is 13.2. The minimum absolute atomic E-state index is 0.265. The number of ether oxygens (including phenoxy) is 2. The maximum atomic E-state index is 12.0. The summed E-state index contributed by atoms with van der Waals surface area (Å²) in [5.74, 6) is -0.895. The highest BCUT2D eigenvalue weighted by Crippen LogP contribution is 2.15. The summed E-state index contributed by atoms with van der Waals surface area (Å²) in [6, 6.07) is -1.32. The summed E-state index contributed by atoms with van der Waals surface area (Å²) in [7, 11) is -2.49. The summed E-state index contributed by atoms with van der Waals surface area (Å²) >= 11 is 0. The lowest BCUT2D eigenvalue weighted by molar-refractivity contribution is -0.145. The highest BCUT2D eigenvalue weighted by molar-refractivity contribution is 7.40. The molecule has 21 heavy (non-hydrogen) atoms. The van der Waals surface area contributed by atoms with Gasteiger partial charge in [-0.3, -0.25) is 14.2 Å². The summed E-state index contributed by atoms with van der Waals surface area (Å²) in [5.41, 5.74) is 0. The van der Waals surface area contributed by atoms with E-state index in [0.29, 0.717) is 6.42 Å². The predicted octanol–water partition coefficient (Wildman–Crippen LogP) is 1.63. The van der Waals surface area contributed by atoms with E-state index in [1.165, 1.54) is 0 Å². The van der Waals surface area contributed by atoms with E-state index in [1.807, 2.05) is 6.92 Å². The molecular formula is C13H27N2O5P. The van der Waals surface area contributed by atoms with Gasteiger partial charge in [-0.15, -0.1) is 0 Å². The van der Waals surface area contributed by atoms with Crippen LogP contribution in [0.25, 0.3) is 0 Å². The van der Waals surface area contributed by atoms with Gasteiger partial charge >= 0.3 is 11.9 Å². The molecule has 0 heterocycles. The van der Waals surface area contributed by atoms with Crippen LogP contribution < -0.4 is 10.2 Å². The Balaban J connectivity index is 4.44. The molecule has 0 amide bonds. The predicted molar refractivity (Wildman–Crippen MR) is 81.3 cm³/mol. The van der Waals surface area contributed by atoms with Crippen LogP contribution in [0.3, 0.4) is 0 Å². The van der Waals surface area contributed by atoms with Gasteiger partial charge in [0.1, 0.15) is 12.1 Å². The number of esters is 2. The van der Waals surface area contributed by atoms with Crippen LogP contribution in [0.5, 0.6) is 0 Å². The molecule has 0 rings (SSSR count). The lowest BCUT2D eigenvalue weighted by Gasteiger charge is -2.19. The highest BCUT2D eigenvalue weighted by atomic mass is 31.1. The molecular weight excluding hydrogens is 295 g/mol. The van der Waals surface area contributed by atoms with E-state index in [2.05, 4.69) is 10.2 Å². The third-order valence-corrected chi connectivity index (χ3v) is 4.02. The minimum atomic E-state index is -2.49. The molecule has 0 aliphatic heterocycles. The number of carbonyl (C=O) groups excluding carboxylic acids is 2. The van der Waals surface area contributed by atoms with Crippen LogP contribution in [0.4, 0.5) is 0 Å². The number of carbonyl (C=O) groups is 2. The molecule has 8 heteroatoms. The second kappa shape index (κ2) is 11.7. The highest BCUT2D eigenvalue weighted by Gasteiger charge is 2.23. The van der Waals surface area contributed by atoms with Crippen molar-refractivity contribution in [2.75, 3.05) is 13.2 Å². The van der Waals surface area contributed by atoms with Gasteiger partial charge < -0.3 is 9.47 Å². The van der Waals surface area contributed by atoms with Gasteiger partial charge in [0.2, 0.25) is 8.10 Å². The molecule has 0 fully saturated rings. The van der Waals surface area contributed by atoms with Crippen molar-refractivity contribution in [3.63, 3.8) is 0 Å². The standard InChI is InChI=1S/C13H27N2O5P/c1-5-8-9-11(13(17)20-7-3)15-21(18)14-10(4)12(16)19-6-2/h10-11,21H,5-9H2,1-4H3,(H2,14,15,18). The molecule has 2 N–H and O–H groups in total. The molecule has 0 radical (unpaired) electrons. The monoisotopic (exact) mass is 322 g/mol. The first-order chi connectivity index (χ1) is 9.96. The normalized spacial score (nSPS) is 15.0. The largest absolute Gasteiger partial charge is 0.465 e. The van der Waals surface area contributed by atoms with Gasteiger partial charge in [-0.05, 0) is 27.2 Å². The number of hydrogen-bond acceptors (Lipinski definition) is 5. The summed E-state index contributed by atoms with van der Waals surface area (Å²) in [6.07, 6.45) is 2.28. The van der Waals surface area contributed by atoms with Gasteiger partial charge in [0.15, 0.2) is 0 Å². The zero-order chi connectivity index (χ0) is 16.3. The first kappa shape index (κ1) is 20.1. The van der Waals surface area contributed by atoms with E-state index in [4.69, 9.17) is 9.47 Å². The average Bonchev–Trinajstić information content (AvgIpc) is 2.43. The second-order valence-corrected chi connectivity index (χ2v) is 5.77. The molecule has 0 aromatic heterocycles. The molecule has 0 aliphatic carbocycles. The van der Waals surface area contributed by atoms with E-state index in [9.17, 15) is 14.2 Å². The molecule has 3 unspecified atom stereocenters. The third kappa shape index (κ3) is 8.86. The van der Waals surface area contributed by atoms with Crippen molar-refractivity contribution in [2.24, 2.45) is 0 Å². The second-order valence-electron chi connectivity index (χ2n) is 4.54. The van der Waals surface area contributed by atoms with E-state index >= 15 is 0 Å². The third-order valence-electron chi connectivity index (χ3n) is 2.71. The number of nitrogens with one attached hydrogen (secondary N) is 2. The molecule has 0 aromatic rings. The van der Waals surface area contributed by atoms with E-state index in [0.717, 1.165) is 12.8 Å². The van der Waals surface area contributed by atoms with Gasteiger partial charge in [-0.2, -0.15) is 0 Å². The molecule has 0 bridgehead atoms. The summed E-state index contributed by atoms with van der Waals surface area (Å²) in [5, 5.41) is 5.34. The fourth-order valence-electron chi connectivity index (χ4n) is 1.62. The van der Waals surface area contributed by atoms with E-state index < -0.39 is 32.1 Å². The number of hydrogen-bond donors (Lipinski definition) is 2. The Hall–Kier alpha value is -0.910. The van der Waals surface area contributed by atoms with Crippen molar-refractivity contribution >= 4 is 20.0 Å². The summed E-state index contributed by atoms with van der Waals surface area (Å²) in [6.45, 7) is 7.53. The van der Waals surface area contributed by atoms with E-state index in [1.54, 1.807) is 20.8 Å². The Labute approximate surface area is 127 Å². The van der Waals surface area contributed by atoms with Crippen LogP contribution in [0.15, 0.2) is 0 Å². The van der Waals surface area contributed by atoms with Gasteiger partial charge in [0.25, 0.3) is 0 Å². The lowest BCUT2D eigenvalue weighted by atomic mass is 10.1. The van der Waals surface area contributed by atoms with Crippen molar-refractivity contribution in [1.82, 2.24) is 10.2 Å². The SMILES string of the molecule is CCCCC(N[PH](=O)NC(C)C(=O)OCC)C(=O)OCC. The van der Waals surface area contributed by atoms with Crippen molar-refractivity contribution in [3.05, 3.63) is 0 Å². The molecule has 0 saturated carbocycles. The summed E-state index contributed by atoms with van der Waals surface area (Å²) in [4.78, 5) is 23.2. The van der Waals surface area contributed by atoms with Gasteiger partial charge in [-0.1, -0.05) is 19.8 Å². The first-order valence-corrected chi connectivity index (χ1v) is 8.77. The maximum absolute atomic E-state index is 12.0. The fourth-order valence-corrected chi connectivity index (χ4v) is 2.80. The van der Waals surface area contributed by atoms with Gasteiger partial charge in [0, 0.05) is 0 Å². The number of rotatable bonds is 11. The molecule has 3 atom stereocenters. The quantitative estimate of drug-likeness (QED) is 0.441. The average molecular weight is 322 g/mol. The van der Waals surface area contributed by atoms with Crippen LogP contribution in [-0.2, 0) is 23.6 Å². The van der Waals surface area contributed by atoms with Crippen LogP contribution in [0.1, 0.15) is 47.0 Å². The Morgan fingerprint density at radius 1 is 1.05 bits per heavy atom. The minimum Gasteiger partial charge on any atom is -0.465 e. The van der Waals surface area contributed by atoms with Crippen molar-refractivity contribution in [2.45, 2.75) is 59.0 Å². The Kier molecular flexibility index (Phi) is 11.2. The molecule has 0 aromatic carbocycles. The Morgan fingerprint density at radius 2 is 1.62 bits per heavy atom. The fraction of sp³-hybridized carbons (Fsp3) is 0.846. The summed E-state index contributed by atoms with van der Waals surface area (Å²) < 4.78 is 21.8. The van der Waals surface area contributed by atoms with Gasteiger partial charge in [0.05, 0.1) is 13.2 Å². The Morgan fingerprint density at radius 3 is 2.14 bits per heavy atom. The van der Waals surface area contributed by atoms with Crippen molar-refractivity contribution in [1.29, 1.82) is 0 Å². The molecule has 0 saturated heterocycles. The smallest absolute Gasteiger partial charge is 0.323 e. The first-order valence-electron chi connectivity index (χ1n) is 7.36. The molecule has 0 spiro atoms. The van der Waals surface area contributed by atoms with Gasteiger partial charge in [-0.25, -0.2) is 10.2 Å². The van der Waals surface area contributed by atoms with Crippen molar-refractivity contribution in [3.8, 4) is 0 Å². The van der Waals surface area contributed by atoms with Crippen LogP contribution >= 0.6 is 8.10 Å². The molecule has 0 aliphatic rings. The van der Waals surface area contributed by atoms with Crippen molar-refractivity contribution < 1.29 is 23.6 Å². The Bertz CT molecular complexity index is 351.